The second kappa shape index (κ2) is 62.2. The van der Waals surface area contributed by atoms with E-state index in [4.69, 9.17) is 23.3 Å². The van der Waals surface area contributed by atoms with Crippen molar-refractivity contribution in [1.29, 1.82) is 0 Å². The van der Waals surface area contributed by atoms with Gasteiger partial charge in [-0.3, -0.25) is 23.4 Å². The lowest BCUT2D eigenvalue weighted by Crippen LogP contribution is -2.30. The van der Waals surface area contributed by atoms with Crippen LogP contribution in [0.5, 0.6) is 0 Å². The van der Waals surface area contributed by atoms with Gasteiger partial charge in [0.2, 0.25) is 0 Å². The Morgan fingerprint density at radius 2 is 0.613 bits per heavy atom. The summed E-state index contributed by atoms with van der Waals surface area (Å²) in [4.78, 5) is 48.8. The van der Waals surface area contributed by atoms with E-state index in [1.165, 1.54) is 154 Å². The van der Waals surface area contributed by atoms with Gasteiger partial charge in [0.25, 0.3) is 0 Å². The topological polar surface area (TPSA) is 155 Å². The Labute approximate surface area is 491 Å². The molecular weight excluding hydrogens is 1020 g/mol. The quantitative estimate of drug-likeness (QED) is 0.0197. The van der Waals surface area contributed by atoms with Gasteiger partial charge in [-0.1, -0.05) is 248 Å². The van der Waals surface area contributed by atoms with E-state index in [1.54, 1.807) is 0 Å². The normalized spacial score (nSPS) is 13.6. The zero-order valence-corrected chi connectivity index (χ0v) is 52.7. The molecule has 3 atom stereocenters. The Bertz CT molecular complexity index is 1570. The minimum absolute atomic E-state index is 0.152. The molecular formula is C68H123O11P. The summed E-state index contributed by atoms with van der Waals surface area (Å²) in [7, 11) is -4.76. The highest BCUT2D eigenvalue weighted by Gasteiger charge is 2.28. The van der Waals surface area contributed by atoms with Crippen molar-refractivity contribution in [3.8, 4) is 0 Å². The van der Waals surface area contributed by atoms with E-state index in [-0.39, 0.29) is 25.9 Å². The highest BCUT2D eigenvalue weighted by atomic mass is 31.2. The first-order valence-electron chi connectivity index (χ1n) is 33.2. The van der Waals surface area contributed by atoms with Crippen molar-refractivity contribution in [3.05, 3.63) is 60.8 Å². The fourth-order valence-corrected chi connectivity index (χ4v) is 10.1. The first-order chi connectivity index (χ1) is 39.2. The zero-order chi connectivity index (χ0) is 58.3. The number of aliphatic hydroxyl groups is 1. The minimum Gasteiger partial charge on any atom is -0.462 e. The van der Waals surface area contributed by atoms with Crippen LogP contribution in [0.25, 0.3) is 0 Å². The molecule has 0 aliphatic heterocycles. The number of rotatable bonds is 62. The summed E-state index contributed by atoms with van der Waals surface area (Å²) in [6, 6.07) is 0. The first kappa shape index (κ1) is 77.2. The van der Waals surface area contributed by atoms with Crippen molar-refractivity contribution >= 4 is 25.7 Å². The predicted octanol–water partition coefficient (Wildman–Crippen LogP) is 20.3. The summed E-state index contributed by atoms with van der Waals surface area (Å²) in [5.41, 5.74) is 0. The van der Waals surface area contributed by atoms with Crippen molar-refractivity contribution in [1.82, 2.24) is 0 Å². The molecule has 2 N–H and O–H groups in total. The fraction of sp³-hybridized carbons (Fsp3) is 0.809. The standard InChI is InChI=1S/C68H123O11P/c1-4-7-10-13-16-19-22-25-28-31-32-35-38-41-44-47-50-53-56-59-68(72)79-65(61-75-66(70)57-54-51-48-45-42-39-36-33-29-26-23-20-17-14-11-8-5-2)63-77-80(73,74)76-62-64(60-69)78-67(71)58-55-52-49-46-43-40-37-34-30-27-24-21-18-15-12-9-6-3/h16,19,25-30,32,35,64-65,69H,4-15,17-18,20-24,31,33-34,36-63H2,1-3H3,(H,73,74)/b19-16-,28-25-,29-26-,30-27-,35-32-. The van der Waals surface area contributed by atoms with Crippen LogP contribution in [0.2, 0.25) is 0 Å². The molecule has 0 heterocycles. The molecule has 0 amide bonds. The lowest BCUT2D eigenvalue weighted by Gasteiger charge is -2.21. The maximum absolute atomic E-state index is 13.0. The summed E-state index contributed by atoms with van der Waals surface area (Å²) in [6.45, 7) is 4.64. The highest BCUT2D eigenvalue weighted by molar-refractivity contribution is 7.47. The predicted molar refractivity (Wildman–Crippen MR) is 335 cm³/mol. The summed E-state index contributed by atoms with van der Waals surface area (Å²) in [6.07, 6.45) is 70.2. The maximum Gasteiger partial charge on any atom is 0.472 e. The smallest absolute Gasteiger partial charge is 0.462 e. The van der Waals surface area contributed by atoms with Crippen molar-refractivity contribution < 1.29 is 52.2 Å². The van der Waals surface area contributed by atoms with Crippen LogP contribution in [0.3, 0.4) is 0 Å². The molecule has 466 valence electrons. The number of ether oxygens (including phenoxy) is 3. The summed E-state index contributed by atoms with van der Waals surface area (Å²) in [5.74, 6) is -1.47. The number of hydrogen-bond acceptors (Lipinski definition) is 10. The van der Waals surface area contributed by atoms with Crippen LogP contribution < -0.4 is 0 Å². The number of carbonyl (C=O) groups is 3. The van der Waals surface area contributed by atoms with E-state index in [0.717, 1.165) is 103 Å². The molecule has 0 aliphatic rings. The van der Waals surface area contributed by atoms with E-state index in [0.29, 0.717) is 19.3 Å². The van der Waals surface area contributed by atoms with Crippen LogP contribution in [-0.2, 0) is 42.2 Å². The Morgan fingerprint density at radius 3 is 0.975 bits per heavy atom. The van der Waals surface area contributed by atoms with Crippen LogP contribution in [0.15, 0.2) is 60.8 Å². The monoisotopic (exact) mass is 1150 g/mol. The molecule has 3 unspecified atom stereocenters. The van der Waals surface area contributed by atoms with Crippen molar-refractivity contribution in [2.24, 2.45) is 0 Å². The third-order valence-electron chi connectivity index (χ3n) is 14.4. The molecule has 0 aliphatic carbocycles. The van der Waals surface area contributed by atoms with Gasteiger partial charge in [0.1, 0.15) is 12.7 Å². The molecule has 0 spiro atoms. The van der Waals surface area contributed by atoms with E-state index in [9.17, 15) is 28.9 Å². The first-order valence-corrected chi connectivity index (χ1v) is 34.7. The van der Waals surface area contributed by atoms with Crippen molar-refractivity contribution in [2.75, 3.05) is 26.4 Å². The molecule has 0 aromatic heterocycles. The Kier molecular flexibility index (Phi) is 60.0. The number of carbonyl (C=O) groups excluding carboxylic acids is 3. The zero-order valence-electron chi connectivity index (χ0n) is 51.8. The van der Waals surface area contributed by atoms with E-state index in [2.05, 4.69) is 81.5 Å². The molecule has 0 bridgehead atoms. The van der Waals surface area contributed by atoms with Gasteiger partial charge in [0, 0.05) is 19.3 Å². The lowest BCUT2D eigenvalue weighted by atomic mass is 10.1. The molecule has 0 saturated heterocycles. The molecule has 0 aromatic carbocycles. The third-order valence-corrected chi connectivity index (χ3v) is 15.3. The summed E-state index contributed by atoms with van der Waals surface area (Å²) < 4.78 is 39.7. The van der Waals surface area contributed by atoms with E-state index < -0.39 is 57.8 Å². The maximum atomic E-state index is 13.0. The molecule has 0 aromatic rings. The van der Waals surface area contributed by atoms with Crippen molar-refractivity contribution in [3.63, 3.8) is 0 Å². The Hall–Kier alpha value is -2.82. The van der Waals surface area contributed by atoms with Gasteiger partial charge in [0.05, 0.1) is 19.8 Å². The van der Waals surface area contributed by atoms with Gasteiger partial charge in [-0.05, 0) is 109 Å². The largest absolute Gasteiger partial charge is 0.472 e. The average Bonchev–Trinajstić information content (AvgIpc) is 3.45. The summed E-state index contributed by atoms with van der Waals surface area (Å²) >= 11 is 0. The molecule has 0 saturated carbocycles. The number of unbranched alkanes of at least 4 members (excludes halogenated alkanes) is 35. The van der Waals surface area contributed by atoms with Gasteiger partial charge in [0.15, 0.2) is 6.10 Å². The molecule has 0 fully saturated rings. The lowest BCUT2D eigenvalue weighted by molar-refractivity contribution is -0.161. The van der Waals surface area contributed by atoms with Crippen LogP contribution >= 0.6 is 7.82 Å². The van der Waals surface area contributed by atoms with Gasteiger partial charge in [-0.15, -0.1) is 0 Å². The Morgan fingerprint density at radius 1 is 0.350 bits per heavy atom. The molecule has 11 nitrogen and oxygen atoms in total. The number of aliphatic hydroxyl groups excluding tert-OH is 1. The van der Waals surface area contributed by atoms with Crippen LogP contribution in [0.4, 0.5) is 0 Å². The third kappa shape index (κ3) is 59.8. The molecule has 80 heavy (non-hydrogen) atoms. The number of esters is 3. The van der Waals surface area contributed by atoms with Crippen molar-refractivity contribution in [2.45, 2.75) is 328 Å². The Balaban J connectivity index is 4.71. The number of allylic oxidation sites excluding steroid dienone is 10. The van der Waals surface area contributed by atoms with E-state index >= 15 is 0 Å². The van der Waals surface area contributed by atoms with Crippen LogP contribution in [0, 0.1) is 0 Å². The highest BCUT2D eigenvalue weighted by Crippen LogP contribution is 2.43. The van der Waals surface area contributed by atoms with Gasteiger partial charge in [-0.25, -0.2) is 4.57 Å². The van der Waals surface area contributed by atoms with Gasteiger partial charge >= 0.3 is 25.7 Å². The average molecular weight is 1150 g/mol. The van der Waals surface area contributed by atoms with Crippen LogP contribution in [0.1, 0.15) is 316 Å². The fourth-order valence-electron chi connectivity index (χ4n) is 9.30. The van der Waals surface area contributed by atoms with E-state index in [1.807, 2.05) is 0 Å². The number of phosphoric ester groups is 1. The molecule has 0 rings (SSSR count). The van der Waals surface area contributed by atoms with Crippen LogP contribution in [-0.4, -0.2) is 66.5 Å². The second-order valence-corrected chi connectivity index (χ2v) is 23.7. The molecule has 12 heteroatoms. The van der Waals surface area contributed by atoms with Gasteiger partial charge < -0.3 is 24.2 Å². The summed E-state index contributed by atoms with van der Waals surface area (Å²) in [5, 5.41) is 9.86. The number of phosphoric acid groups is 1. The molecule has 0 radical (unpaired) electrons. The number of hydrogen-bond donors (Lipinski definition) is 2. The van der Waals surface area contributed by atoms with Gasteiger partial charge in [-0.2, -0.15) is 0 Å². The SMILES string of the molecule is CCCCC/C=C\C/C=C\C/C=C\CCCCCCCCC(=O)OC(COC(=O)CCCCCCCCC/C=C\CCCCCCCC)COP(=O)(O)OCC(CO)OC(=O)CCCCCCCCC/C=C\CCCCCCCC. The second-order valence-electron chi connectivity index (χ2n) is 22.3. The minimum atomic E-state index is -4.76.